The topological polar surface area (TPSA) is 114 Å². The van der Waals surface area contributed by atoms with Crippen molar-refractivity contribution in [3.8, 4) is 0 Å². The van der Waals surface area contributed by atoms with Crippen molar-refractivity contribution in [3.63, 3.8) is 0 Å². The summed E-state index contributed by atoms with van der Waals surface area (Å²) < 4.78 is 18.5. The number of amides is 3. The van der Waals surface area contributed by atoms with Crippen LogP contribution in [0.3, 0.4) is 0 Å². The molecule has 3 amide bonds. The van der Waals surface area contributed by atoms with Gasteiger partial charge >= 0.3 is 0 Å². The fourth-order valence-electron chi connectivity index (χ4n) is 3.76. The van der Waals surface area contributed by atoms with E-state index in [4.69, 9.17) is 4.74 Å². The SMILES string of the molecule is O=C(Nc1ccc(F)cc1)c1nnc(C(=O)N2CCC(C(=O)NC[C@H]3CCCO3)CC2)s1. The number of nitrogens with one attached hydrogen (secondary N) is 2. The lowest BCUT2D eigenvalue weighted by molar-refractivity contribution is -0.126. The molecular weight excluding hydrogens is 437 g/mol. The molecule has 0 unspecified atom stereocenters. The van der Waals surface area contributed by atoms with Gasteiger partial charge in [0.15, 0.2) is 0 Å². The number of likely N-dealkylation sites (tertiary alicyclic amines) is 1. The molecule has 2 N–H and O–H groups in total. The van der Waals surface area contributed by atoms with Crippen LogP contribution in [0.15, 0.2) is 24.3 Å². The van der Waals surface area contributed by atoms with E-state index in [1.54, 1.807) is 4.90 Å². The first-order chi connectivity index (χ1) is 15.5. The van der Waals surface area contributed by atoms with Crippen molar-refractivity contribution in [1.82, 2.24) is 20.4 Å². The first-order valence-corrected chi connectivity index (χ1v) is 11.4. The second kappa shape index (κ2) is 10.1. The molecule has 1 aromatic heterocycles. The number of anilines is 1. The van der Waals surface area contributed by atoms with E-state index in [0.29, 0.717) is 38.2 Å². The monoisotopic (exact) mass is 461 g/mol. The maximum absolute atomic E-state index is 13.0. The van der Waals surface area contributed by atoms with E-state index in [2.05, 4.69) is 20.8 Å². The number of piperidine rings is 1. The molecule has 2 aliphatic rings. The standard InChI is InChI=1S/C21H24FN5O4S/c22-14-3-5-15(6-4-14)24-18(29)19-25-26-20(32-19)21(30)27-9-7-13(8-10-27)17(28)23-12-16-2-1-11-31-16/h3-6,13,16H,1-2,7-12H2,(H,23,28)(H,24,29)/t16-/m1/s1. The van der Waals surface area contributed by atoms with Gasteiger partial charge in [-0.05, 0) is 49.9 Å². The number of carbonyl (C=O) groups excluding carboxylic acids is 3. The number of halogens is 1. The van der Waals surface area contributed by atoms with Crippen LogP contribution in [-0.2, 0) is 9.53 Å². The number of aromatic nitrogens is 2. The summed E-state index contributed by atoms with van der Waals surface area (Å²) >= 11 is 0.902. The summed E-state index contributed by atoms with van der Waals surface area (Å²) in [6, 6.07) is 5.33. The number of nitrogens with zero attached hydrogens (tertiary/aromatic N) is 3. The van der Waals surface area contributed by atoms with Crippen molar-refractivity contribution in [2.24, 2.45) is 5.92 Å². The van der Waals surface area contributed by atoms with E-state index in [-0.39, 0.29) is 33.9 Å². The molecule has 9 nitrogen and oxygen atoms in total. The molecule has 170 valence electrons. The third-order valence-corrected chi connectivity index (χ3v) is 6.50. The van der Waals surface area contributed by atoms with Crippen LogP contribution < -0.4 is 10.6 Å². The second-order valence-corrected chi connectivity index (χ2v) is 8.80. The van der Waals surface area contributed by atoms with Crippen LogP contribution in [-0.4, -0.2) is 65.2 Å². The van der Waals surface area contributed by atoms with Gasteiger partial charge in [-0.25, -0.2) is 4.39 Å². The average Bonchev–Trinajstić information content (AvgIpc) is 3.51. The Bertz CT molecular complexity index is 969. The molecule has 1 atom stereocenters. The van der Waals surface area contributed by atoms with Gasteiger partial charge in [-0.3, -0.25) is 14.4 Å². The number of hydrogen-bond donors (Lipinski definition) is 2. The molecule has 2 saturated heterocycles. The number of ether oxygens (including phenoxy) is 1. The van der Waals surface area contributed by atoms with Gasteiger partial charge in [0.1, 0.15) is 5.82 Å². The summed E-state index contributed by atoms with van der Waals surface area (Å²) in [5.74, 6) is -1.36. The Balaban J connectivity index is 1.26. The molecule has 0 spiro atoms. The van der Waals surface area contributed by atoms with Crippen LogP contribution in [0.25, 0.3) is 0 Å². The molecule has 3 heterocycles. The van der Waals surface area contributed by atoms with Gasteiger partial charge in [0.05, 0.1) is 6.10 Å². The van der Waals surface area contributed by atoms with Crippen molar-refractivity contribution < 1.29 is 23.5 Å². The summed E-state index contributed by atoms with van der Waals surface area (Å²) in [4.78, 5) is 39.1. The highest BCUT2D eigenvalue weighted by Gasteiger charge is 2.30. The molecule has 0 radical (unpaired) electrons. The molecule has 0 aliphatic carbocycles. The van der Waals surface area contributed by atoms with Gasteiger partial charge in [0.25, 0.3) is 11.8 Å². The maximum Gasteiger partial charge on any atom is 0.286 e. The molecule has 2 aromatic rings. The summed E-state index contributed by atoms with van der Waals surface area (Å²) in [5, 5.41) is 13.4. The van der Waals surface area contributed by atoms with Crippen LogP contribution in [0.1, 0.15) is 45.3 Å². The fraction of sp³-hybridized carbons (Fsp3) is 0.476. The summed E-state index contributed by atoms with van der Waals surface area (Å²) in [5.41, 5.74) is 0.416. The number of rotatable bonds is 6. The Kier molecular flexibility index (Phi) is 7.05. The second-order valence-electron chi connectivity index (χ2n) is 7.82. The molecule has 2 fully saturated rings. The van der Waals surface area contributed by atoms with Crippen molar-refractivity contribution in [2.45, 2.75) is 31.8 Å². The molecule has 11 heteroatoms. The predicted octanol–water partition coefficient (Wildman–Crippen LogP) is 2.08. The van der Waals surface area contributed by atoms with Crippen LogP contribution in [0.2, 0.25) is 0 Å². The smallest absolute Gasteiger partial charge is 0.286 e. The van der Waals surface area contributed by atoms with E-state index in [0.717, 1.165) is 30.8 Å². The summed E-state index contributed by atoms with van der Waals surface area (Å²) in [6.07, 6.45) is 3.24. The van der Waals surface area contributed by atoms with Gasteiger partial charge in [0, 0.05) is 37.8 Å². The van der Waals surface area contributed by atoms with Gasteiger partial charge in [-0.1, -0.05) is 11.3 Å². The van der Waals surface area contributed by atoms with Crippen LogP contribution in [0.5, 0.6) is 0 Å². The zero-order valence-corrected chi connectivity index (χ0v) is 18.2. The van der Waals surface area contributed by atoms with Gasteiger partial charge in [-0.15, -0.1) is 10.2 Å². The fourth-order valence-corrected chi connectivity index (χ4v) is 4.47. The molecular formula is C21H24FN5O4S. The average molecular weight is 462 g/mol. The van der Waals surface area contributed by atoms with Gasteiger partial charge in [-0.2, -0.15) is 0 Å². The third kappa shape index (κ3) is 5.46. The van der Waals surface area contributed by atoms with E-state index in [9.17, 15) is 18.8 Å². The molecule has 0 bridgehead atoms. The van der Waals surface area contributed by atoms with Gasteiger partial charge < -0.3 is 20.3 Å². The minimum atomic E-state index is -0.519. The number of hydrogen-bond acceptors (Lipinski definition) is 7. The molecule has 4 rings (SSSR count). The molecule has 0 saturated carbocycles. The number of carbonyl (C=O) groups is 3. The molecule has 1 aromatic carbocycles. The number of benzene rings is 1. The van der Waals surface area contributed by atoms with Crippen LogP contribution in [0, 0.1) is 11.7 Å². The quantitative estimate of drug-likeness (QED) is 0.681. The Morgan fingerprint density at radius 1 is 1.09 bits per heavy atom. The summed E-state index contributed by atoms with van der Waals surface area (Å²) in [6.45, 7) is 2.16. The Morgan fingerprint density at radius 2 is 1.81 bits per heavy atom. The Labute approximate surface area is 188 Å². The van der Waals surface area contributed by atoms with E-state index in [1.165, 1.54) is 24.3 Å². The van der Waals surface area contributed by atoms with Crippen molar-refractivity contribution >= 4 is 34.7 Å². The van der Waals surface area contributed by atoms with Crippen molar-refractivity contribution in [2.75, 3.05) is 31.6 Å². The first-order valence-electron chi connectivity index (χ1n) is 10.6. The Morgan fingerprint density at radius 3 is 2.50 bits per heavy atom. The van der Waals surface area contributed by atoms with E-state index >= 15 is 0 Å². The van der Waals surface area contributed by atoms with Crippen LogP contribution >= 0.6 is 11.3 Å². The maximum atomic E-state index is 13.0. The highest BCUT2D eigenvalue weighted by molar-refractivity contribution is 7.15. The van der Waals surface area contributed by atoms with Crippen molar-refractivity contribution in [1.29, 1.82) is 0 Å². The van der Waals surface area contributed by atoms with Gasteiger partial charge in [0.2, 0.25) is 15.9 Å². The lowest BCUT2D eigenvalue weighted by Crippen LogP contribution is -2.44. The first kappa shape index (κ1) is 22.3. The van der Waals surface area contributed by atoms with E-state index < -0.39 is 11.7 Å². The zero-order chi connectivity index (χ0) is 22.5. The normalized spacial score (nSPS) is 19.0. The minimum Gasteiger partial charge on any atom is -0.376 e. The largest absolute Gasteiger partial charge is 0.376 e. The minimum absolute atomic E-state index is 0.00302. The zero-order valence-electron chi connectivity index (χ0n) is 17.4. The highest BCUT2D eigenvalue weighted by atomic mass is 32.1. The Hall–Kier alpha value is -2.92. The summed E-state index contributed by atoms with van der Waals surface area (Å²) in [7, 11) is 0. The lowest BCUT2D eigenvalue weighted by Gasteiger charge is -2.30. The predicted molar refractivity (Wildman–Crippen MR) is 115 cm³/mol. The van der Waals surface area contributed by atoms with E-state index in [1.807, 2.05) is 0 Å². The highest BCUT2D eigenvalue weighted by Crippen LogP contribution is 2.21. The molecule has 32 heavy (non-hydrogen) atoms. The molecule has 2 aliphatic heterocycles. The van der Waals surface area contributed by atoms with Crippen LogP contribution in [0.4, 0.5) is 10.1 Å². The van der Waals surface area contributed by atoms with Crippen molar-refractivity contribution in [3.05, 3.63) is 40.1 Å². The lowest BCUT2D eigenvalue weighted by atomic mass is 9.96. The third-order valence-electron chi connectivity index (χ3n) is 5.59.